The van der Waals surface area contributed by atoms with Crippen molar-refractivity contribution in [2.45, 2.75) is 45.6 Å². The van der Waals surface area contributed by atoms with Crippen LogP contribution in [-0.4, -0.2) is 12.9 Å². The summed E-state index contributed by atoms with van der Waals surface area (Å²) in [5, 5.41) is 1.53. The molecule has 0 atom stereocenters. The van der Waals surface area contributed by atoms with Gasteiger partial charge in [-0.3, -0.25) is 0 Å². The van der Waals surface area contributed by atoms with Gasteiger partial charge in [-0.1, -0.05) is 39.0 Å². The van der Waals surface area contributed by atoms with Gasteiger partial charge in [-0.25, -0.2) is 0 Å². The Hall–Kier alpha value is -1.06. The van der Waals surface area contributed by atoms with Crippen molar-refractivity contribution in [1.29, 1.82) is 0 Å². The zero-order valence-electron chi connectivity index (χ0n) is 12.0. The molecule has 2 rings (SSSR count). The summed E-state index contributed by atoms with van der Waals surface area (Å²) in [7, 11) is -1.67. The van der Waals surface area contributed by atoms with Crippen LogP contribution < -0.4 is 0 Å². The smallest absolute Gasteiger partial charge is 0.194 e. The molecule has 0 saturated heterocycles. The molecule has 0 radical (unpaired) electrons. The van der Waals surface area contributed by atoms with Gasteiger partial charge in [0.25, 0.3) is 0 Å². The van der Waals surface area contributed by atoms with Crippen molar-refractivity contribution >= 4 is 19.2 Å². The highest BCUT2D eigenvalue weighted by Gasteiger charge is 2.37. The minimum atomic E-state index is -1.67. The van der Waals surface area contributed by atoms with Crippen molar-refractivity contribution in [3.8, 4) is 0 Å². The summed E-state index contributed by atoms with van der Waals surface area (Å²) in [6.07, 6.45) is 2.11. The second-order valence-corrected chi connectivity index (χ2v) is 11.2. The molecule has 1 aromatic heterocycles. The molecule has 0 unspecified atom stereocenters. The summed E-state index contributed by atoms with van der Waals surface area (Å²) in [5.74, 6) is 0. The molecule has 0 aliphatic heterocycles. The normalized spacial score (nSPS) is 13.2. The third kappa shape index (κ3) is 2.52. The molecular formula is C15H23NOSi. The second kappa shape index (κ2) is 4.56. The topological polar surface area (TPSA) is 14.2 Å². The first kappa shape index (κ1) is 13.4. The highest BCUT2D eigenvalue weighted by molar-refractivity contribution is 6.74. The van der Waals surface area contributed by atoms with Crippen LogP contribution in [0.4, 0.5) is 0 Å². The Labute approximate surface area is 111 Å². The maximum atomic E-state index is 6.25. The number of hydrogen-bond donors (Lipinski definition) is 0. The van der Waals surface area contributed by atoms with E-state index >= 15 is 0 Å². The average molecular weight is 261 g/mol. The van der Waals surface area contributed by atoms with E-state index in [-0.39, 0.29) is 5.04 Å². The lowest BCUT2D eigenvalue weighted by Gasteiger charge is -2.36. The van der Waals surface area contributed by atoms with E-state index in [2.05, 4.69) is 75.0 Å². The van der Waals surface area contributed by atoms with E-state index in [0.29, 0.717) is 6.73 Å². The molecule has 3 heteroatoms. The van der Waals surface area contributed by atoms with Crippen LogP contribution in [0.15, 0.2) is 36.5 Å². The molecule has 2 nitrogen and oxygen atoms in total. The lowest BCUT2D eigenvalue weighted by molar-refractivity contribution is 0.217. The molecule has 0 fully saturated rings. The number of rotatable bonds is 3. The van der Waals surface area contributed by atoms with Gasteiger partial charge in [-0.05, 0) is 35.7 Å². The number of para-hydroxylation sites is 1. The van der Waals surface area contributed by atoms with Gasteiger partial charge in [-0.15, -0.1) is 0 Å². The van der Waals surface area contributed by atoms with E-state index in [9.17, 15) is 0 Å². The SMILES string of the molecule is CC(C)(C)[Si](C)(C)OCn1ccc2ccccc21. The molecule has 2 aromatic rings. The Morgan fingerprint density at radius 3 is 2.44 bits per heavy atom. The molecule has 0 N–H and O–H groups in total. The van der Waals surface area contributed by atoms with Crippen molar-refractivity contribution in [3.63, 3.8) is 0 Å². The van der Waals surface area contributed by atoms with Crippen LogP contribution in [0, 0.1) is 0 Å². The van der Waals surface area contributed by atoms with E-state index in [4.69, 9.17) is 4.43 Å². The van der Waals surface area contributed by atoms with Crippen LogP contribution in [0.1, 0.15) is 20.8 Å². The summed E-state index contributed by atoms with van der Waals surface area (Å²) in [4.78, 5) is 0. The fourth-order valence-electron chi connectivity index (χ4n) is 1.70. The Kier molecular flexibility index (Phi) is 3.38. The number of aromatic nitrogens is 1. The van der Waals surface area contributed by atoms with Gasteiger partial charge in [0.15, 0.2) is 8.32 Å². The van der Waals surface area contributed by atoms with Gasteiger partial charge in [-0.2, -0.15) is 0 Å². The van der Waals surface area contributed by atoms with Gasteiger partial charge in [0.2, 0.25) is 0 Å². The summed E-state index contributed by atoms with van der Waals surface area (Å²) >= 11 is 0. The van der Waals surface area contributed by atoms with Crippen molar-refractivity contribution in [2.24, 2.45) is 0 Å². The highest BCUT2D eigenvalue weighted by atomic mass is 28.4. The highest BCUT2D eigenvalue weighted by Crippen LogP contribution is 2.36. The third-order valence-electron chi connectivity index (χ3n) is 4.05. The quantitative estimate of drug-likeness (QED) is 0.735. The number of hydrogen-bond acceptors (Lipinski definition) is 1. The lowest BCUT2D eigenvalue weighted by atomic mass is 10.2. The molecule has 98 valence electrons. The van der Waals surface area contributed by atoms with Crippen LogP contribution >= 0.6 is 0 Å². The van der Waals surface area contributed by atoms with Crippen molar-refractivity contribution in [3.05, 3.63) is 36.5 Å². The fraction of sp³-hybridized carbons (Fsp3) is 0.467. The van der Waals surface area contributed by atoms with Gasteiger partial charge >= 0.3 is 0 Å². The molecule has 0 aliphatic carbocycles. The van der Waals surface area contributed by atoms with Crippen molar-refractivity contribution in [1.82, 2.24) is 4.57 Å². The van der Waals surface area contributed by atoms with Gasteiger partial charge in [0.05, 0.1) is 0 Å². The predicted octanol–water partition coefficient (Wildman–Crippen LogP) is 4.62. The molecule has 1 heterocycles. The van der Waals surface area contributed by atoms with Gasteiger partial charge in [0, 0.05) is 11.7 Å². The molecule has 0 saturated carbocycles. The average Bonchev–Trinajstić information content (AvgIpc) is 2.68. The molecule has 1 aromatic carbocycles. The van der Waals surface area contributed by atoms with E-state index in [1.54, 1.807) is 0 Å². The maximum Gasteiger partial charge on any atom is 0.194 e. The van der Waals surface area contributed by atoms with Crippen LogP contribution in [0.3, 0.4) is 0 Å². The third-order valence-corrected chi connectivity index (χ3v) is 8.51. The van der Waals surface area contributed by atoms with E-state index in [0.717, 1.165) is 0 Å². The number of nitrogens with zero attached hydrogens (tertiary/aromatic N) is 1. The Bertz CT molecular complexity index is 537. The standard InChI is InChI=1S/C15H23NOSi/c1-15(2,3)18(4,5)17-12-16-11-10-13-8-6-7-9-14(13)16/h6-11H,12H2,1-5H3. The number of fused-ring (bicyclic) bond motifs is 1. The molecule has 18 heavy (non-hydrogen) atoms. The monoisotopic (exact) mass is 261 g/mol. The first-order valence-corrected chi connectivity index (χ1v) is 9.40. The van der Waals surface area contributed by atoms with Crippen molar-refractivity contribution < 1.29 is 4.43 Å². The molecule has 0 amide bonds. The Balaban J connectivity index is 2.16. The second-order valence-electron chi connectivity index (χ2n) is 6.38. The van der Waals surface area contributed by atoms with Gasteiger partial charge in [0.1, 0.15) is 6.73 Å². The Morgan fingerprint density at radius 1 is 1.11 bits per heavy atom. The largest absolute Gasteiger partial charge is 0.399 e. The van der Waals surface area contributed by atoms with E-state index in [1.165, 1.54) is 10.9 Å². The first-order valence-electron chi connectivity index (χ1n) is 6.49. The van der Waals surface area contributed by atoms with Crippen LogP contribution in [0.25, 0.3) is 10.9 Å². The summed E-state index contributed by atoms with van der Waals surface area (Å²) < 4.78 is 8.44. The molecular weight excluding hydrogens is 238 g/mol. The van der Waals surface area contributed by atoms with Gasteiger partial charge < -0.3 is 8.99 Å². The fourth-order valence-corrected chi connectivity index (χ4v) is 2.60. The minimum Gasteiger partial charge on any atom is -0.399 e. The van der Waals surface area contributed by atoms with Crippen LogP contribution in [0.5, 0.6) is 0 Å². The first-order chi connectivity index (χ1) is 8.31. The maximum absolute atomic E-state index is 6.25. The zero-order chi connectivity index (χ0) is 13.4. The molecule has 0 bridgehead atoms. The zero-order valence-corrected chi connectivity index (χ0v) is 13.0. The van der Waals surface area contributed by atoms with E-state index < -0.39 is 8.32 Å². The van der Waals surface area contributed by atoms with Crippen molar-refractivity contribution in [2.75, 3.05) is 0 Å². The summed E-state index contributed by atoms with van der Waals surface area (Å²) in [6.45, 7) is 12.0. The predicted molar refractivity (Wildman–Crippen MR) is 80.2 cm³/mol. The minimum absolute atomic E-state index is 0.260. The Morgan fingerprint density at radius 2 is 1.78 bits per heavy atom. The molecule has 0 spiro atoms. The van der Waals surface area contributed by atoms with Crippen LogP contribution in [-0.2, 0) is 11.2 Å². The number of benzene rings is 1. The molecule has 0 aliphatic rings. The lowest BCUT2D eigenvalue weighted by Crippen LogP contribution is -2.41. The van der Waals surface area contributed by atoms with Crippen LogP contribution in [0.2, 0.25) is 18.1 Å². The summed E-state index contributed by atoms with van der Waals surface area (Å²) in [5.41, 5.74) is 1.25. The summed E-state index contributed by atoms with van der Waals surface area (Å²) in [6, 6.07) is 10.6. The van der Waals surface area contributed by atoms with E-state index in [1.807, 2.05) is 0 Å².